The topological polar surface area (TPSA) is 58.6 Å². The van der Waals surface area contributed by atoms with Gasteiger partial charge in [-0.15, -0.1) is 11.3 Å². The van der Waals surface area contributed by atoms with Gasteiger partial charge in [0.2, 0.25) is 0 Å². The average molecular weight is 403 g/mol. The molecule has 1 aliphatic heterocycles. The van der Waals surface area contributed by atoms with Gasteiger partial charge in [-0.1, -0.05) is 29.8 Å². The standard InChI is InChI=1S/C19H19ClN4O2S/c1-26-19(25)16(13-4-2-3-5-15(13)20)23-7-9-24(10-8-23)17-14-6-11-27-18(14)22-12-21-17/h2-6,11-12,16H,7-10H2,1H3. The van der Waals surface area contributed by atoms with Gasteiger partial charge in [0.25, 0.3) is 0 Å². The van der Waals surface area contributed by atoms with Crippen molar-refractivity contribution in [3.63, 3.8) is 0 Å². The molecule has 0 N–H and O–H groups in total. The summed E-state index contributed by atoms with van der Waals surface area (Å²) in [5.74, 6) is 0.659. The average Bonchev–Trinajstić information content (AvgIpc) is 3.19. The smallest absolute Gasteiger partial charge is 0.327 e. The Hall–Kier alpha value is -2.22. The van der Waals surface area contributed by atoms with E-state index in [2.05, 4.69) is 25.8 Å². The number of ether oxygens (including phenoxy) is 1. The van der Waals surface area contributed by atoms with E-state index in [1.807, 2.05) is 23.6 Å². The van der Waals surface area contributed by atoms with Crippen molar-refractivity contribution in [2.45, 2.75) is 6.04 Å². The van der Waals surface area contributed by atoms with Crippen LogP contribution in [0.3, 0.4) is 0 Å². The van der Waals surface area contributed by atoms with Gasteiger partial charge in [0, 0.05) is 31.2 Å². The molecule has 0 saturated carbocycles. The molecule has 1 aliphatic rings. The molecule has 0 radical (unpaired) electrons. The summed E-state index contributed by atoms with van der Waals surface area (Å²) >= 11 is 7.97. The number of nitrogens with zero attached hydrogens (tertiary/aromatic N) is 4. The Labute approximate surface area is 166 Å². The van der Waals surface area contributed by atoms with Crippen LogP contribution in [0.4, 0.5) is 5.82 Å². The number of piperazine rings is 1. The van der Waals surface area contributed by atoms with Crippen molar-refractivity contribution in [3.8, 4) is 0 Å². The molecule has 0 amide bonds. The van der Waals surface area contributed by atoms with E-state index < -0.39 is 6.04 Å². The first-order valence-electron chi connectivity index (χ1n) is 8.68. The number of thiophene rings is 1. The second kappa shape index (κ2) is 7.80. The Balaban J connectivity index is 1.56. The minimum Gasteiger partial charge on any atom is -0.468 e. The largest absolute Gasteiger partial charge is 0.468 e. The summed E-state index contributed by atoms with van der Waals surface area (Å²) in [6.07, 6.45) is 1.61. The third kappa shape index (κ3) is 3.50. The fourth-order valence-corrected chi connectivity index (χ4v) is 4.47. The van der Waals surface area contributed by atoms with Crippen molar-refractivity contribution in [2.75, 3.05) is 38.2 Å². The lowest BCUT2D eigenvalue weighted by Crippen LogP contribution is -2.49. The van der Waals surface area contributed by atoms with Gasteiger partial charge < -0.3 is 9.64 Å². The quantitative estimate of drug-likeness (QED) is 0.623. The van der Waals surface area contributed by atoms with Gasteiger partial charge >= 0.3 is 5.97 Å². The molecule has 0 aliphatic carbocycles. The van der Waals surface area contributed by atoms with Crippen molar-refractivity contribution in [1.29, 1.82) is 0 Å². The lowest BCUT2D eigenvalue weighted by molar-refractivity contribution is -0.147. The predicted molar refractivity (Wildman–Crippen MR) is 107 cm³/mol. The molecule has 0 spiro atoms. The lowest BCUT2D eigenvalue weighted by atomic mass is 10.0. The van der Waals surface area contributed by atoms with Crippen LogP contribution in [0, 0.1) is 0 Å². The molecule has 1 fully saturated rings. The van der Waals surface area contributed by atoms with E-state index in [0.29, 0.717) is 18.1 Å². The fourth-order valence-electron chi connectivity index (χ4n) is 3.50. The van der Waals surface area contributed by atoms with E-state index in [9.17, 15) is 4.79 Å². The van der Waals surface area contributed by atoms with E-state index in [-0.39, 0.29) is 5.97 Å². The van der Waals surface area contributed by atoms with Gasteiger partial charge in [-0.3, -0.25) is 4.90 Å². The zero-order valence-electron chi connectivity index (χ0n) is 14.8. The number of benzene rings is 1. The summed E-state index contributed by atoms with van der Waals surface area (Å²) in [5.41, 5.74) is 0.779. The molecule has 27 heavy (non-hydrogen) atoms. The summed E-state index contributed by atoms with van der Waals surface area (Å²) in [7, 11) is 1.41. The highest BCUT2D eigenvalue weighted by atomic mass is 35.5. The van der Waals surface area contributed by atoms with Crippen LogP contribution < -0.4 is 4.90 Å². The Morgan fingerprint density at radius 3 is 2.70 bits per heavy atom. The molecule has 3 heterocycles. The molecule has 3 aromatic rings. The van der Waals surface area contributed by atoms with Crippen LogP contribution in [0.25, 0.3) is 10.2 Å². The number of esters is 1. The van der Waals surface area contributed by atoms with Crippen molar-refractivity contribution in [1.82, 2.24) is 14.9 Å². The van der Waals surface area contributed by atoms with E-state index in [4.69, 9.17) is 16.3 Å². The molecule has 0 bridgehead atoms. The van der Waals surface area contributed by atoms with Crippen LogP contribution in [-0.4, -0.2) is 54.1 Å². The zero-order valence-corrected chi connectivity index (χ0v) is 16.4. The SMILES string of the molecule is COC(=O)C(c1ccccc1Cl)N1CCN(c2ncnc3sccc23)CC1. The molecule has 1 saturated heterocycles. The highest BCUT2D eigenvalue weighted by Gasteiger charge is 2.33. The van der Waals surface area contributed by atoms with Crippen LogP contribution in [0.5, 0.6) is 0 Å². The third-order valence-electron chi connectivity index (χ3n) is 4.84. The molecule has 8 heteroatoms. The van der Waals surface area contributed by atoms with Crippen molar-refractivity contribution < 1.29 is 9.53 Å². The zero-order chi connectivity index (χ0) is 18.8. The number of hydrogen-bond donors (Lipinski definition) is 0. The number of methoxy groups -OCH3 is 1. The van der Waals surface area contributed by atoms with Crippen molar-refractivity contribution in [2.24, 2.45) is 0 Å². The number of halogens is 1. The second-order valence-electron chi connectivity index (χ2n) is 6.31. The normalized spacial score (nSPS) is 16.4. The summed E-state index contributed by atoms with van der Waals surface area (Å²) in [4.78, 5) is 26.7. The van der Waals surface area contributed by atoms with Gasteiger partial charge in [0.1, 0.15) is 23.0 Å². The summed E-state index contributed by atoms with van der Waals surface area (Å²) in [6, 6.07) is 8.99. The van der Waals surface area contributed by atoms with Crippen LogP contribution in [0.1, 0.15) is 11.6 Å². The predicted octanol–water partition coefficient (Wildman–Crippen LogP) is 3.38. The Morgan fingerprint density at radius 2 is 1.96 bits per heavy atom. The monoisotopic (exact) mass is 402 g/mol. The number of carbonyl (C=O) groups excluding carboxylic acids is 1. The summed E-state index contributed by atoms with van der Waals surface area (Å²) < 4.78 is 5.06. The molecule has 6 nitrogen and oxygen atoms in total. The highest BCUT2D eigenvalue weighted by Crippen LogP contribution is 2.31. The van der Waals surface area contributed by atoms with E-state index >= 15 is 0 Å². The van der Waals surface area contributed by atoms with Crippen molar-refractivity contribution >= 4 is 44.9 Å². The molecule has 140 valence electrons. The Bertz CT molecular complexity index is 956. The van der Waals surface area contributed by atoms with E-state index in [1.165, 1.54) is 7.11 Å². The van der Waals surface area contributed by atoms with Gasteiger partial charge in [0.05, 0.1) is 12.5 Å². The number of rotatable bonds is 4. The Morgan fingerprint density at radius 1 is 1.19 bits per heavy atom. The number of fused-ring (bicyclic) bond motifs is 1. The van der Waals surface area contributed by atoms with Gasteiger partial charge in [-0.05, 0) is 23.1 Å². The van der Waals surface area contributed by atoms with Crippen LogP contribution in [-0.2, 0) is 9.53 Å². The lowest BCUT2D eigenvalue weighted by Gasteiger charge is -2.39. The molecule has 1 aromatic carbocycles. The van der Waals surface area contributed by atoms with Gasteiger partial charge in [-0.2, -0.15) is 0 Å². The Kier molecular flexibility index (Phi) is 5.24. The van der Waals surface area contributed by atoms with E-state index in [1.54, 1.807) is 23.7 Å². The first kappa shape index (κ1) is 18.2. The van der Waals surface area contributed by atoms with Gasteiger partial charge in [0.15, 0.2) is 0 Å². The summed E-state index contributed by atoms with van der Waals surface area (Å²) in [5, 5.41) is 3.68. The number of carbonyl (C=O) groups is 1. The maximum Gasteiger partial charge on any atom is 0.327 e. The highest BCUT2D eigenvalue weighted by molar-refractivity contribution is 7.16. The number of anilines is 1. The minimum absolute atomic E-state index is 0.293. The van der Waals surface area contributed by atoms with E-state index in [0.717, 1.165) is 34.7 Å². The molecular formula is C19H19ClN4O2S. The van der Waals surface area contributed by atoms with Crippen LogP contribution in [0.15, 0.2) is 42.0 Å². The maximum atomic E-state index is 12.5. The summed E-state index contributed by atoms with van der Waals surface area (Å²) in [6.45, 7) is 2.95. The van der Waals surface area contributed by atoms with Crippen LogP contribution in [0.2, 0.25) is 5.02 Å². The number of aromatic nitrogens is 2. The molecule has 2 aromatic heterocycles. The second-order valence-corrected chi connectivity index (χ2v) is 7.61. The molecular weight excluding hydrogens is 384 g/mol. The molecule has 1 atom stereocenters. The third-order valence-corrected chi connectivity index (χ3v) is 6.01. The fraction of sp³-hybridized carbons (Fsp3) is 0.316. The first-order valence-corrected chi connectivity index (χ1v) is 9.94. The maximum absolute atomic E-state index is 12.5. The minimum atomic E-state index is -0.502. The van der Waals surface area contributed by atoms with Gasteiger partial charge in [-0.25, -0.2) is 14.8 Å². The first-order chi connectivity index (χ1) is 13.2. The molecule has 1 unspecified atom stereocenters. The number of hydrogen-bond acceptors (Lipinski definition) is 7. The molecule has 4 rings (SSSR count). The van der Waals surface area contributed by atoms with Crippen LogP contribution >= 0.6 is 22.9 Å². The van der Waals surface area contributed by atoms with Crippen molar-refractivity contribution in [3.05, 3.63) is 52.6 Å².